The van der Waals surface area contributed by atoms with Crippen LogP contribution in [0.2, 0.25) is 0 Å². The molecule has 0 unspecified atom stereocenters. The quantitative estimate of drug-likeness (QED) is 0.744. The third-order valence-electron chi connectivity index (χ3n) is 4.91. The lowest BCUT2D eigenvalue weighted by Crippen LogP contribution is -2.51. The molecule has 0 N–H and O–H groups in total. The zero-order chi connectivity index (χ0) is 20.5. The highest BCUT2D eigenvalue weighted by atomic mass is 32.2. The Hall–Kier alpha value is -2.54. The maximum atomic E-state index is 13.3. The van der Waals surface area contributed by atoms with E-state index in [4.69, 9.17) is 4.74 Å². The van der Waals surface area contributed by atoms with E-state index in [1.807, 2.05) is 38.1 Å². The molecule has 2 aromatic rings. The predicted molar refractivity (Wildman–Crippen MR) is 111 cm³/mol. The molecule has 7 heteroatoms. The minimum atomic E-state index is -3.67. The van der Waals surface area contributed by atoms with Gasteiger partial charge in [-0.05, 0) is 63.1 Å². The molecule has 0 radical (unpaired) electrons. The number of nitrogens with zero attached hydrogens (tertiary/aromatic N) is 2. The van der Waals surface area contributed by atoms with Crippen LogP contribution in [-0.4, -0.2) is 39.3 Å². The highest BCUT2D eigenvalue weighted by Crippen LogP contribution is 2.34. The number of carbonyl (C=O) groups is 1. The van der Waals surface area contributed by atoms with Crippen LogP contribution in [-0.2, 0) is 21.2 Å². The maximum Gasteiger partial charge on any atom is 0.250 e. The van der Waals surface area contributed by atoms with Gasteiger partial charge < -0.3 is 9.64 Å². The van der Waals surface area contributed by atoms with E-state index in [1.54, 1.807) is 36.1 Å². The number of sulfonamides is 1. The number of rotatable bonds is 6. The Morgan fingerprint density at radius 3 is 2.46 bits per heavy atom. The largest absolute Gasteiger partial charge is 0.494 e. The summed E-state index contributed by atoms with van der Waals surface area (Å²) < 4.78 is 31.7. The molecule has 1 heterocycles. The van der Waals surface area contributed by atoms with E-state index in [9.17, 15) is 13.2 Å². The number of hydrogen-bond acceptors (Lipinski definition) is 4. The summed E-state index contributed by atoms with van der Waals surface area (Å²) in [5.74, 6) is 0.414. The fourth-order valence-corrected chi connectivity index (χ4v) is 4.93. The third-order valence-corrected chi connectivity index (χ3v) is 6.15. The summed E-state index contributed by atoms with van der Waals surface area (Å²) in [7, 11) is -3.67. The van der Waals surface area contributed by atoms with Crippen molar-refractivity contribution in [3.05, 3.63) is 54.1 Å². The van der Waals surface area contributed by atoms with E-state index in [0.29, 0.717) is 18.0 Å². The molecule has 1 aliphatic rings. The number of hydrogen-bond donors (Lipinski definition) is 0. The zero-order valence-corrected chi connectivity index (χ0v) is 17.4. The molecule has 3 rings (SSSR count). The zero-order valence-electron chi connectivity index (χ0n) is 16.6. The summed E-state index contributed by atoms with van der Waals surface area (Å²) in [5.41, 5.74) is 2.39. The fraction of sp³-hybridized carbons (Fsp3) is 0.381. The van der Waals surface area contributed by atoms with Gasteiger partial charge in [-0.2, -0.15) is 0 Å². The van der Waals surface area contributed by atoms with Crippen LogP contribution in [0, 0.1) is 0 Å². The van der Waals surface area contributed by atoms with Crippen LogP contribution < -0.4 is 13.9 Å². The first-order valence-electron chi connectivity index (χ1n) is 9.37. The van der Waals surface area contributed by atoms with Crippen molar-refractivity contribution in [2.45, 2.75) is 39.3 Å². The summed E-state index contributed by atoms with van der Waals surface area (Å²) in [5, 5.41) is 0. The monoisotopic (exact) mass is 402 g/mol. The topological polar surface area (TPSA) is 66.9 Å². The number of para-hydroxylation sites is 1. The Morgan fingerprint density at radius 2 is 1.86 bits per heavy atom. The molecule has 2 aromatic carbocycles. The Bertz CT molecular complexity index is 957. The number of anilines is 2. The van der Waals surface area contributed by atoms with Gasteiger partial charge in [0.15, 0.2) is 0 Å². The van der Waals surface area contributed by atoms with Crippen LogP contribution in [0.25, 0.3) is 0 Å². The van der Waals surface area contributed by atoms with E-state index < -0.39 is 16.1 Å². The molecule has 1 amide bonds. The maximum absolute atomic E-state index is 13.3. The lowest BCUT2D eigenvalue weighted by atomic mass is 10.1. The van der Waals surface area contributed by atoms with Crippen LogP contribution in [0.3, 0.4) is 0 Å². The van der Waals surface area contributed by atoms with Gasteiger partial charge in [-0.1, -0.05) is 18.2 Å². The minimum Gasteiger partial charge on any atom is -0.494 e. The average Bonchev–Trinajstić information content (AvgIpc) is 2.97. The van der Waals surface area contributed by atoms with Crippen molar-refractivity contribution >= 4 is 27.3 Å². The number of amides is 1. The molecule has 0 bridgehead atoms. The third kappa shape index (κ3) is 3.85. The second-order valence-corrected chi connectivity index (χ2v) is 8.91. The Kier molecular flexibility index (Phi) is 5.65. The van der Waals surface area contributed by atoms with Gasteiger partial charge in [0.2, 0.25) is 10.0 Å². The Morgan fingerprint density at radius 1 is 1.21 bits per heavy atom. The summed E-state index contributed by atoms with van der Waals surface area (Å²) in [6, 6.07) is 13.6. The van der Waals surface area contributed by atoms with Crippen molar-refractivity contribution < 1.29 is 17.9 Å². The van der Waals surface area contributed by atoms with Crippen LogP contribution in [0.5, 0.6) is 5.75 Å². The molecule has 0 saturated carbocycles. The number of carbonyl (C=O) groups excluding carboxylic acids is 1. The van der Waals surface area contributed by atoms with Gasteiger partial charge in [0, 0.05) is 11.7 Å². The first kappa shape index (κ1) is 20.2. The summed E-state index contributed by atoms with van der Waals surface area (Å²) in [6.07, 6.45) is 1.88. The van der Waals surface area contributed by atoms with Crippen LogP contribution >= 0.6 is 0 Å². The molecule has 2 atom stereocenters. The number of ether oxygens (including phenoxy) is 1. The lowest BCUT2D eigenvalue weighted by Gasteiger charge is -2.33. The van der Waals surface area contributed by atoms with Gasteiger partial charge in [0.05, 0.1) is 18.6 Å². The summed E-state index contributed by atoms with van der Waals surface area (Å²) in [4.78, 5) is 15.1. The Labute approximate surface area is 166 Å². The molecule has 0 fully saturated rings. The highest BCUT2D eigenvalue weighted by molar-refractivity contribution is 7.92. The van der Waals surface area contributed by atoms with E-state index in [2.05, 4.69) is 0 Å². The first-order valence-corrected chi connectivity index (χ1v) is 11.2. The molecule has 0 aliphatic carbocycles. The standard InChI is InChI=1S/C21H26N2O4S/c1-5-27-19-12-10-18(11-13-19)23(28(4,25)26)16(3)21(24)22-15(2)14-17-8-6-7-9-20(17)22/h6-13,15-16H,5,14H2,1-4H3/t15-,16-/m0/s1. The predicted octanol–water partition coefficient (Wildman–Crippen LogP) is 3.22. The van der Waals surface area contributed by atoms with Gasteiger partial charge in [-0.25, -0.2) is 8.42 Å². The smallest absolute Gasteiger partial charge is 0.250 e. The Balaban J connectivity index is 1.94. The normalized spacial score (nSPS) is 17.1. The molecule has 0 aromatic heterocycles. The van der Waals surface area contributed by atoms with Crippen LogP contribution in [0.15, 0.2) is 48.5 Å². The van der Waals surface area contributed by atoms with Gasteiger partial charge in [0.25, 0.3) is 5.91 Å². The highest BCUT2D eigenvalue weighted by Gasteiger charge is 2.37. The van der Waals surface area contributed by atoms with E-state index in [0.717, 1.165) is 23.9 Å². The van der Waals surface area contributed by atoms with Gasteiger partial charge >= 0.3 is 0 Å². The molecule has 6 nitrogen and oxygen atoms in total. The van der Waals surface area contributed by atoms with Gasteiger partial charge in [-0.15, -0.1) is 0 Å². The van der Waals surface area contributed by atoms with Crippen molar-refractivity contribution in [2.75, 3.05) is 22.1 Å². The van der Waals surface area contributed by atoms with Crippen molar-refractivity contribution in [3.63, 3.8) is 0 Å². The van der Waals surface area contributed by atoms with Crippen LogP contribution in [0.4, 0.5) is 11.4 Å². The van der Waals surface area contributed by atoms with Gasteiger partial charge in [0.1, 0.15) is 11.8 Å². The molecule has 28 heavy (non-hydrogen) atoms. The molecule has 150 valence electrons. The first-order chi connectivity index (χ1) is 13.2. The van der Waals surface area contributed by atoms with Crippen molar-refractivity contribution in [1.82, 2.24) is 0 Å². The average molecular weight is 403 g/mol. The van der Waals surface area contributed by atoms with Gasteiger partial charge in [-0.3, -0.25) is 9.10 Å². The molecule has 1 aliphatic heterocycles. The molecular formula is C21H26N2O4S. The van der Waals surface area contributed by atoms with Crippen LogP contribution in [0.1, 0.15) is 26.3 Å². The molecule has 0 spiro atoms. The van der Waals surface area contributed by atoms with E-state index in [1.165, 1.54) is 4.31 Å². The SMILES string of the molecule is CCOc1ccc(N([C@@H](C)C(=O)N2c3ccccc3C[C@@H]2C)S(C)(=O)=O)cc1. The minimum absolute atomic E-state index is 0.0194. The molecular weight excluding hydrogens is 376 g/mol. The van der Waals surface area contributed by atoms with Crippen molar-refractivity contribution in [1.29, 1.82) is 0 Å². The van der Waals surface area contributed by atoms with Crippen molar-refractivity contribution in [3.8, 4) is 5.75 Å². The number of benzene rings is 2. The summed E-state index contributed by atoms with van der Waals surface area (Å²) in [6.45, 7) is 6.02. The van der Waals surface area contributed by atoms with Crippen molar-refractivity contribution in [2.24, 2.45) is 0 Å². The second kappa shape index (κ2) is 7.83. The lowest BCUT2D eigenvalue weighted by molar-refractivity contribution is -0.119. The van der Waals surface area contributed by atoms with E-state index >= 15 is 0 Å². The molecule has 0 saturated heterocycles. The number of fused-ring (bicyclic) bond motifs is 1. The summed E-state index contributed by atoms with van der Waals surface area (Å²) >= 11 is 0. The second-order valence-electron chi connectivity index (χ2n) is 7.05. The van der Waals surface area contributed by atoms with E-state index in [-0.39, 0.29) is 11.9 Å². The fourth-order valence-electron chi connectivity index (χ4n) is 3.76.